The largest absolute Gasteiger partial charge is 0.349 e. The van der Waals surface area contributed by atoms with Gasteiger partial charge in [0.15, 0.2) is 0 Å². The van der Waals surface area contributed by atoms with E-state index in [0.29, 0.717) is 5.91 Å². The van der Waals surface area contributed by atoms with Crippen LogP contribution in [0.2, 0.25) is 0 Å². The second-order valence-corrected chi connectivity index (χ2v) is 5.52. The molecular weight excluding hydrogens is 214 g/mol. The van der Waals surface area contributed by atoms with Crippen molar-refractivity contribution in [3.63, 3.8) is 0 Å². The van der Waals surface area contributed by atoms with Crippen LogP contribution in [-0.2, 0) is 4.79 Å². The summed E-state index contributed by atoms with van der Waals surface area (Å²) < 4.78 is 0. The molecule has 0 bridgehead atoms. The molecule has 0 aromatic heterocycles. The zero-order valence-electron chi connectivity index (χ0n) is 11.1. The van der Waals surface area contributed by atoms with E-state index in [2.05, 4.69) is 10.2 Å². The molecule has 2 aliphatic heterocycles. The zero-order valence-corrected chi connectivity index (χ0v) is 11.1. The van der Waals surface area contributed by atoms with Crippen molar-refractivity contribution in [3.05, 3.63) is 0 Å². The molecule has 0 saturated carbocycles. The second-order valence-electron chi connectivity index (χ2n) is 5.52. The lowest BCUT2D eigenvalue weighted by molar-refractivity contribution is -0.134. The molecule has 98 valence electrons. The minimum atomic E-state index is 0.267. The number of carbonyl (C=O) groups is 1. The molecule has 4 nitrogen and oxygen atoms in total. The van der Waals surface area contributed by atoms with E-state index in [4.69, 9.17) is 0 Å². The molecule has 0 aromatic carbocycles. The molecule has 17 heavy (non-hydrogen) atoms. The Hall–Kier alpha value is -0.610. The molecule has 2 heterocycles. The van der Waals surface area contributed by atoms with Crippen LogP contribution < -0.4 is 5.32 Å². The van der Waals surface area contributed by atoms with Gasteiger partial charge in [-0.2, -0.15) is 0 Å². The summed E-state index contributed by atoms with van der Waals surface area (Å²) in [7, 11) is 3.73. The molecule has 4 heteroatoms. The molecule has 0 unspecified atom stereocenters. The maximum atomic E-state index is 11.9. The van der Waals surface area contributed by atoms with Crippen molar-refractivity contribution in [2.75, 3.05) is 40.3 Å². The Kier molecular flexibility index (Phi) is 4.40. The summed E-state index contributed by atoms with van der Waals surface area (Å²) in [6, 6.07) is 0.756. The Balaban J connectivity index is 1.79. The van der Waals surface area contributed by atoms with Gasteiger partial charge in [-0.15, -0.1) is 0 Å². The fraction of sp³-hybridized carbons (Fsp3) is 0.923. The van der Waals surface area contributed by atoms with Gasteiger partial charge in [0.25, 0.3) is 0 Å². The highest BCUT2D eigenvalue weighted by Gasteiger charge is 2.29. The van der Waals surface area contributed by atoms with E-state index >= 15 is 0 Å². The van der Waals surface area contributed by atoms with Crippen LogP contribution in [0.5, 0.6) is 0 Å². The van der Waals surface area contributed by atoms with E-state index in [1.165, 1.54) is 12.8 Å². The van der Waals surface area contributed by atoms with Crippen LogP contribution in [0.15, 0.2) is 0 Å². The normalized spacial score (nSPS) is 24.8. The van der Waals surface area contributed by atoms with Crippen molar-refractivity contribution in [2.24, 2.45) is 5.92 Å². The highest BCUT2D eigenvalue weighted by atomic mass is 16.2. The van der Waals surface area contributed by atoms with Crippen molar-refractivity contribution < 1.29 is 4.79 Å². The number of nitrogens with one attached hydrogen (secondary N) is 1. The molecule has 2 saturated heterocycles. The van der Waals surface area contributed by atoms with E-state index in [0.717, 1.165) is 45.1 Å². The van der Waals surface area contributed by atoms with Crippen LogP contribution in [0.1, 0.15) is 25.7 Å². The topological polar surface area (TPSA) is 35.6 Å². The zero-order chi connectivity index (χ0) is 12.3. The molecule has 0 aromatic rings. The van der Waals surface area contributed by atoms with Crippen LogP contribution in [0.25, 0.3) is 0 Å². The highest BCUT2D eigenvalue weighted by Crippen LogP contribution is 2.23. The number of hydrogen-bond acceptors (Lipinski definition) is 3. The van der Waals surface area contributed by atoms with Gasteiger partial charge < -0.3 is 15.1 Å². The molecular formula is C13H25N3O. The maximum Gasteiger partial charge on any atom is 0.225 e. The summed E-state index contributed by atoms with van der Waals surface area (Å²) in [6.07, 6.45) is 4.63. The number of nitrogens with zero attached hydrogens (tertiary/aromatic N) is 2. The van der Waals surface area contributed by atoms with Gasteiger partial charge in [-0.1, -0.05) is 0 Å². The van der Waals surface area contributed by atoms with Gasteiger partial charge in [0.2, 0.25) is 5.91 Å². The summed E-state index contributed by atoms with van der Waals surface area (Å²) in [5.41, 5.74) is 0. The standard InChI is InChI=1S/C13H25N3O/c1-15(2)13(17)11-5-9-16(10-6-11)12-3-7-14-8-4-12/h11-12,14H,3-10H2,1-2H3. The van der Waals surface area contributed by atoms with Crippen molar-refractivity contribution in [3.8, 4) is 0 Å². The summed E-state index contributed by atoms with van der Waals surface area (Å²) in [4.78, 5) is 16.2. The van der Waals surface area contributed by atoms with Gasteiger partial charge in [-0.3, -0.25) is 4.79 Å². The van der Waals surface area contributed by atoms with Crippen LogP contribution in [0, 0.1) is 5.92 Å². The number of likely N-dealkylation sites (tertiary alicyclic amines) is 1. The van der Waals surface area contributed by atoms with Crippen LogP contribution >= 0.6 is 0 Å². The van der Waals surface area contributed by atoms with Crippen molar-refractivity contribution in [1.82, 2.24) is 15.1 Å². The molecule has 0 aliphatic carbocycles. The Morgan fingerprint density at radius 1 is 1.12 bits per heavy atom. The summed E-state index contributed by atoms with van der Waals surface area (Å²) in [5.74, 6) is 0.581. The van der Waals surface area contributed by atoms with Gasteiger partial charge in [0.1, 0.15) is 0 Å². The van der Waals surface area contributed by atoms with E-state index in [1.54, 1.807) is 4.90 Å². The van der Waals surface area contributed by atoms with E-state index in [9.17, 15) is 4.79 Å². The third-order valence-corrected chi connectivity index (χ3v) is 4.14. The van der Waals surface area contributed by atoms with E-state index in [-0.39, 0.29) is 5.92 Å². The number of carbonyl (C=O) groups excluding carboxylic acids is 1. The smallest absolute Gasteiger partial charge is 0.225 e. The van der Waals surface area contributed by atoms with Crippen molar-refractivity contribution in [2.45, 2.75) is 31.7 Å². The summed E-state index contributed by atoms with van der Waals surface area (Å²) in [5, 5.41) is 3.41. The van der Waals surface area contributed by atoms with Gasteiger partial charge in [-0.05, 0) is 51.9 Å². The molecule has 0 spiro atoms. The number of hydrogen-bond donors (Lipinski definition) is 1. The highest BCUT2D eigenvalue weighted by molar-refractivity contribution is 5.78. The SMILES string of the molecule is CN(C)C(=O)C1CCN(C2CCNCC2)CC1. The number of piperidine rings is 2. The van der Waals surface area contributed by atoms with Crippen LogP contribution in [-0.4, -0.2) is 62.0 Å². The number of amides is 1. The Labute approximate surface area is 104 Å². The monoisotopic (exact) mass is 239 g/mol. The van der Waals surface area contributed by atoms with E-state index < -0.39 is 0 Å². The Bertz CT molecular complexity index is 253. The minimum absolute atomic E-state index is 0.267. The first-order valence-corrected chi connectivity index (χ1v) is 6.84. The van der Waals surface area contributed by atoms with Crippen LogP contribution in [0.4, 0.5) is 0 Å². The first kappa shape index (κ1) is 12.8. The minimum Gasteiger partial charge on any atom is -0.349 e. The molecule has 1 amide bonds. The molecule has 2 rings (SSSR count). The van der Waals surface area contributed by atoms with E-state index in [1.807, 2.05) is 14.1 Å². The molecule has 1 N–H and O–H groups in total. The van der Waals surface area contributed by atoms with Crippen molar-refractivity contribution in [1.29, 1.82) is 0 Å². The molecule has 0 radical (unpaired) electrons. The Morgan fingerprint density at radius 2 is 1.71 bits per heavy atom. The van der Waals surface area contributed by atoms with Crippen molar-refractivity contribution >= 4 is 5.91 Å². The van der Waals surface area contributed by atoms with Gasteiger partial charge in [-0.25, -0.2) is 0 Å². The van der Waals surface area contributed by atoms with Gasteiger partial charge in [0, 0.05) is 26.1 Å². The third kappa shape index (κ3) is 3.19. The van der Waals surface area contributed by atoms with Gasteiger partial charge in [0.05, 0.1) is 0 Å². The molecule has 0 atom stereocenters. The maximum absolute atomic E-state index is 11.9. The van der Waals surface area contributed by atoms with Gasteiger partial charge >= 0.3 is 0 Å². The van der Waals surface area contributed by atoms with Crippen LogP contribution in [0.3, 0.4) is 0 Å². The quantitative estimate of drug-likeness (QED) is 0.764. The Morgan fingerprint density at radius 3 is 2.24 bits per heavy atom. The average molecular weight is 239 g/mol. The summed E-state index contributed by atoms with van der Waals surface area (Å²) >= 11 is 0. The number of rotatable bonds is 2. The molecule has 2 aliphatic rings. The average Bonchev–Trinajstić information content (AvgIpc) is 2.39. The predicted molar refractivity (Wildman–Crippen MR) is 68.9 cm³/mol. The first-order valence-electron chi connectivity index (χ1n) is 6.84. The lowest BCUT2D eigenvalue weighted by atomic mass is 9.93. The predicted octanol–water partition coefficient (Wildman–Crippen LogP) is 0.539. The second kappa shape index (κ2) is 5.83. The summed E-state index contributed by atoms with van der Waals surface area (Å²) in [6.45, 7) is 4.52. The first-order chi connectivity index (χ1) is 8.18. The third-order valence-electron chi connectivity index (χ3n) is 4.14. The molecule has 2 fully saturated rings. The lowest BCUT2D eigenvalue weighted by Gasteiger charge is -2.39. The lowest BCUT2D eigenvalue weighted by Crippen LogP contribution is -2.48. The fourth-order valence-corrected chi connectivity index (χ4v) is 3.05. The fourth-order valence-electron chi connectivity index (χ4n) is 3.05.